The minimum absolute atomic E-state index is 0.0992. The van der Waals surface area contributed by atoms with E-state index in [1.54, 1.807) is 12.1 Å². The second-order valence-corrected chi connectivity index (χ2v) is 6.75. The number of piperidine rings is 1. The zero-order chi connectivity index (χ0) is 19.5. The van der Waals surface area contributed by atoms with Gasteiger partial charge in [0.1, 0.15) is 0 Å². The molecular formula is C19H32N6O2. The van der Waals surface area contributed by atoms with Crippen LogP contribution in [0.3, 0.4) is 0 Å². The molecule has 0 spiro atoms. The van der Waals surface area contributed by atoms with E-state index in [1.807, 2.05) is 0 Å². The van der Waals surface area contributed by atoms with Gasteiger partial charge in [-0.2, -0.15) is 0 Å². The summed E-state index contributed by atoms with van der Waals surface area (Å²) in [5.74, 6) is 0.858. The zero-order valence-corrected chi connectivity index (χ0v) is 16.4. The predicted octanol–water partition coefficient (Wildman–Crippen LogP) is 2.44. The summed E-state index contributed by atoms with van der Waals surface area (Å²) in [6, 6.07) is 6.91. The van der Waals surface area contributed by atoms with Crippen LogP contribution in [0.25, 0.3) is 0 Å². The highest BCUT2D eigenvalue weighted by molar-refractivity contribution is 5.80. The molecule has 0 bridgehead atoms. The number of anilines is 1. The third kappa shape index (κ3) is 7.42. The van der Waals surface area contributed by atoms with E-state index in [0.29, 0.717) is 19.1 Å². The Morgan fingerprint density at radius 2 is 1.96 bits per heavy atom. The summed E-state index contributed by atoms with van der Waals surface area (Å²) in [5, 5.41) is 20.8. The van der Waals surface area contributed by atoms with Crippen LogP contribution in [0.15, 0.2) is 29.3 Å². The molecule has 2 rings (SSSR count). The van der Waals surface area contributed by atoms with Gasteiger partial charge in [-0.1, -0.05) is 6.92 Å². The average Bonchev–Trinajstić information content (AvgIpc) is 2.67. The number of nitrogens with one attached hydrogen (secondary N) is 3. The molecule has 0 saturated carbocycles. The number of likely N-dealkylation sites (tertiary alicyclic amines) is 1. The first-order valence-corrected chi connectivity index (χ1v) is 9.88. The van der Waals surface area contributed by atoms with Crippen molar-refractivity contribution in [1.82, 2.24) is 15.5 Å². The Balaban J connectivity index is 1.75. The van der Waals surface area contributed by atoms with E-state index in [2.05, 4.69) is 39.7 Å². The summed E-state index contributed by atoms with van der Waals surface area (Å²) in [6.45, 7) is 9.90. The largest absolute Gasteiger partial charge is 0.383 e. The van der Waals surface area contributed by atoms with E-state index in [4.69, 9.17) is 0 Å². The molecule has 150 valence electrons. The van der Waals surface area contributed by atoms with Crippen LogP contribution in [0.5, 0.6) is 0 Å². The smallest absolute Gasteiger partial charge is 0.269 e. The van der Waals surface area contributed by atoms with Gasteiger partial charge < -0.3 is 20.9 Å². The number of rotatable bonds is 9. The van der Waals surface area contributed by atoms with Crippen molar-refractivity contribution in [2.24, 2.45) is 4.99 Å². The molecule has 8 heteroatoms. The lowest BCUT2D eigenvalue weighted by atomic mass is 10.1. The summed E-state index contributed by atoms with van der Waals surface area (Å²) < 4.78 is 0. The Hall–Kier alpha value is -2.35. The molecule has 0 aromatic heterocycles. The number of nitro groups is 1. The lowest BCUT2D eigenvalue weighted by Crippen LogP contribution is -2.48. The topological polar surface area (TPSA) is 94.8 Å². The van der Waals surface area contributed by atoms with Crippen molar-refractivity contribution in [3.63, 3.8) is 0 Å². The van der Waals surface area contributed by atoms with E-state index < -0.39 is 4.92 Å². The lowest BCUT2D eigenvalue weighted by Gasteiger charge is -2.32. The van der Waals surface area contributed by atoms with Crippen molar-refractivity contribution in [2.45, 2.75) is 39.2 Å². The van der Waals surface area contributed by atoms with E-state index in [9.17, 15) is 10.1 Å². The van der Waals surface area contributed by atoms with Crippen LogP contribution in [0.1, 0.15) is 33.1 Å². The first kappa shape index (κ1) is 21.0. The lowest BCUT2D eigenvalue weighted by molar-refractivity contribution is -0.384. The van der Waals surface area contributed by atoms with Crippen molar-refractivity contribution < 1.29 is 4.92 Å². The molecule has 1 aliphatic rings. The third-order valence-corrected chi connectivity index (χ3v) is 4.60. The summed E-state index contributed by atoms with van der Waals surface area (Å²) in [4.78, 5) is 17.4. The predicted molar refractivity (Wildman–Crippen MR) is 110 cm³/mol. The van der Waals surface area contributed by atoms with Gasteiger partial charge in [-0.3, -0.25) is 15.1 Å². The highest BCUT2D eigenvalue weighted by Gasteiger charge is 2.19. The number of guanidine groups is 1. The first-order chi connectivity index (χ1) is 13.1. The van der Waals surface area contributed by atoms with Gasteiger partial charge in [0, 0.05) is 50.0 Å². The summed E-state index contributed by atoms with van der Waals surface area (Å²) in [6.07, 6.45) is 3.50. The maximum absolute atomic E-state index is 10.7. The van der Waals surface area contributed by atoms with Gasteiger partial charge in [-0.15, -0.1) is 0 Å². The maximum Gasteiger partial charge on any atom is 0.269 e. The van der Waals surface area contributed by atoms with Gasteiger partial charge in [0.2, 0.25) is 0 Å². The molecule has 27 heavy (non-hydrogen) atoms. The van der Waals surface area contributed by atoms with Crippen molar-refractivity contribution in [2.75, 3.05) is 44.6 Å². The molecule has 1 heterocycles. The third-order valence-electron chi connectivity index (χ3n) is 4.60. The minimum atomic E-state index is -0.394. The number of non-ortho nitro benzene ring substituents is 1. The van der Waals surface area contributed by atoms with Gasteiger partial charge in [0.15, 0.2) is 5.96 Å². The molecule has 0 radical (unpaired) electrons. The zero-order valence-electron chi connectivity index (χ0n) is 16.4. The number of benzene rings is 1. The van der Waals surface area contributed by atoms with Crippen molar-refractivity contribution in [1.29, 1.82) is 0 Å². The molecule has 1 aromatic rings. The number of aliphatic imine (C=N–C) groups is 1. The number of nitro benzene ring substituents is 1. The number of hydrogen-bond donors (Lipinski definition) is 3. The molecule has 1 aromatic carbocycles. The number of hydrogen-bond acceptors (Lipinski definition) is 5. The van der Waals surface area contributed by atoms with Crippen molar-refractivity contribution in [3.05, 3.63) is 34.4 Å². The monoisotopic (exact) mass is 376 g/mol. The highest BCUT2D eigenvalue weighted by Crippen LogP contribution is 2.15. The summed E-state index contributed by atoms with van der Waals surface area (Å²) >= 11 is 0. The normalized spacial score (nSPS) is 16.1. The van der Waals surface area contributed by atoms with Crippen LogP contribution in [0.4, 0.5) is 11.4 Å². The summed E-state index contributed by atoms with van der Waals surface area (Å²) in [5.41, 5.74) is 0.958. The second kappa shape index (κ2) is 11.4. The Bertz CT molecular complexity index is 597. The maximum atomic E-state index is 10.7. The number of nitrogens with zero attached hydrogens (tertiary/aromatic N) is 3. The standard InChI is InChI=1S/C19H32N6O2/c1-3-13-24-14-9-17(10-15-24)23-19(20-4-2)22-12-11-21-16-5-7-18(8-6-16)25(26)27/h5-8,17,21H,3-4,9-15H2,1-2H3,(H2,20,22,23). The van der Waals surface area contributed by atoms with E-state index in [1.165, 1.54) is 25.1 Å². The fraction of sp³-hybridized carbons (Fsp3) is 0.632. The van der Waals surface area contributed by atoms with E-state index in [-0.39, 0.29) is 5.69 Å². The molecule has 0 unspecified atom stereocenters. The molecule has 1 fully saturated rings. The molecule has 1 saturated heterocycles. The molecule has 0 amide bonds. The first-order valence-electron chi connectivity index (χ1n) is 9.88. The van der Waals surface area contributed by atoms with Gasteiger partial charge in [-0.05, 0) is 44.9 Å². The summed E-state index contributed by atoms with van der Waals surface area (Å²) in [7, 11) is 0. The molecule has 8 nitrogen and oxygen atoms in total. The minimum Gasteiger partial charge on any atom is -0.383 e. The Morgan fingerprint density at radius 1 is 1.26 bits per heavy atom. The molecule has 1 aliphatic heterocycles. The molecule has 0 atom stereocenters. The fourth-order valence-electron chi connectivity index (χ4n) is 3.20. The van der Waals surface area contributed by atoms with E-state index in [0.717, 1.165) is 44.1 Å². The average molecular weight is 377 g/mol. The highest BCUT2D eigenvalue weighted by atomic mass is 16.6. The van der Waals surface area contributed by atoms with Crippen molar-refractivity contribution >= 4 is 17.3 Å². The van der Waals surface area contributed by atoms with Gasteiger partial charge in [-0.25, -0.2) is 0 Å². The molecule has 0 aliphatic carbocycles. The van der Waals surface area contributed by atoms with Crippen LogP contribution < -0.4 is 16.0 Å². The van der Waals surface area contributed by atoms with Gasteiger partial charge in [0.25, 0.3) is 5.69 Å². The van der Waals surface area contributed by atoms with Crippen molar-refractivity contribution in [3.8, 4) is 0 Å². The van der Waals surface area contributed by atoms with Crippen LogP contribution in [0, 0.1) is 10.1 Å². The van der Waals surface area contributed by atoms with E-state index >= 15 is 0 Å². The van der Waals surface area contributed by atoms with Crippen LogP contribution in [-0.2, 0) is 0 Å². The molecular weight excluding hydrogens is 344 g/mol. The SMILES string of the molecule is CCCN1CCC(NC(=NCCNc2ccc([N+](=O)[O-])cc2)NCC)CC1. The fourth-order valence-corrected chi connectivity index (χ4v) is 3.20. The Kier molecular flexibility index (Phi) is 8.83. The Morgan fingerprint density at radius 3 is 2.56 bits per heavy atom. The quantitative estimate of drug-likeness (QED) is 0.201. The molecule has 3 N–H and O–H groups in total. The van der Waals surface area contributed by atoms with Crippen LogP contribution in [-0.4, -0.2) is 61.1 Å². The van der Waals surface area contributed by atoms with Gasteiger partial charge in [0.05, 0.1) is 11.5 Å². The van der Waals surface area contributed by atoms with Crippen LogP contribution in [0.2, 0.25) is 0 Å². The van der Waals surface area contributed by atoms with Gasteiger partial charge >= 0.3 is 0 Å². The second-order valence-electron chi connectivity index (χ2n) is 6.75. The van der Waals surface area contributed by atoms with Crippen LogP contribution >= 0.6 is 0 Å². The Labute approximate surface area is 161 Å².